The maximum Gasteiger partial charge on any atom is 0.472 e. The standard InChI is InChI=1S/C44H78NO8P/c1-6-8-10-12-14-16-18-19-20-21-22-23-24-25-27-28-30-32-34-36-43(46)50-40-42(41-52-54(48,49)51-39-38-45(3,4)5)53-44(47)37-35-33-31-29-26-17-15-13-11-9-7-2/h13-16,19-20,22-23,25,27,42H,6-12,17-18,21,24,26,28-41H2,1-5H3/p+1/b15-13-,16-14-,20-19-,23-22-,27-25-/t42-/m1/s1. The zero-order chi connectivity index (χ0) is 40.0. The van der Waals surface area contributed by atoms with Crippen LogP contribution in [0.4, 0.5) is 0 Å². The van der Waals surface area contributed by atoms with Crippen LogP contribution in [0.3, 0.4) is 0 Å². The average Bonchev–Trinajstić information content (AvgIpc) is 3.12. The van der Waals surface area contributed by atoms with Gasteiger partial charge in [0.1, 0.15) is 19.8 Å². The van der Waals surface area contributed by atoms with E-state index in [1.807, 2.05) is 21.1 Å². The molecule has 0 spiro atoms. The summed E-state index contributed by atoms with van der Waals surface area (Å²) in [4.78, 5) is 35.2. The van der Waals surface area contributed by atoms with Crippen LogP contribution in [-0.4, -0.2) is 74.9 Å². The molecular weight excluding hydrogens is 701 g/mol. The van der Waals surface area contributed by atoms with E-state index in [2.05, 4.69) is 74.6 Å². The molecule has 0 aromatic heterocycles. The molecule has 0 aliphatic heterocycles. The average molecular weight is 781 g/mol. The number of carbonyl (C=O) groups is 2. The van der Waals surface area contributed by atoms with Gasteiger partial charge in [-0.25, -0.2) is 4.57 Å². The van der Waals surface area contributed by atoms with Gasteiger partial charge in [0.15, 0.2) is 6.10 Å². The van der Waals surface area contributed by atoms with Crippen LogP contribution in [0.1, 0.15) is 155 Å². The number of ether oxygens (including phenoxy) is 2. The lowest BCUT2D eigenvalue weighted by Gasteiger charge is -2.24. The Hall–Kier alpha value is -2.29. The van der Waals surface area contributed by atoms with Crippen LogP contribution in [-0.2, 0) is 32.7 Å². The van der Waals surface area contributed by atoms with E-state index in [1.54, 1.807) is 0 Å². The number of carbonyl (C=O) groups excluding carboxylic acids is 2. The Balaban J connectivity index is 4.43. The van der Waals surface area contributed by atoms with Gasteiger partial charge in [-0.3, -0.25) is 18.6 Å². The highest BCUT2D eigenvalue weighted by Crippen LogP contribution is 2.43. The van der Waals surface area contributed by atoms with Crippen LogP contribution in [0.15, 0.2) is 60.8 Å². The number of esters is 2. The smallest absolute Gasteiger partial charge is 0.462 e. The van der Waals surface area contributed by atoms with Crippen LogP contribution in [0.25, 0.3) is 0 Å². The molecule has 0 heterocycles. The van der Waals surface area contributed by atoms with E-state index in [-0.39, 0.29) is 26.1 Å². The topological polar surface area (TPSA) is 108 Å². The van der Waals surface area contributed by atoms with Crippen molar-refractivity contribution in [1.29, 1.82) is 0 Å². The quantitative estimate of drug-likeness (QED) is 0.0218. The minimum atomic E-state index is -4.38. The van der Waals surface area contributed by atoms with E-state index in [0.29, 0.717) is 23.9 Å². The summed E-state index contributed by atoms with van der Waals surface area (Å²) in [5.41, 5.74) is 0. The van der Waals surface area contributed by atoms with Gasteiger partial charge in [0, 0.05) is 12.8 Å². The van der Waals surface area contributed by atoms with Crippen molar-refractivity contribution in [3.8, 4) is 0 Å². The second-order valence-corrected chi connectivity index (χ2v) is 16.5. The zero-order valence-electron chi connectivity index (χ0n) is 34.9. The van der Waals surface area contributed by atoms with Crippen molar-refractivity contribution >= 4 is 19.8 Å². The van der Waals surface area contributed by atoms with Crippen molar-refractivity contribution in [2.75, 3.05) is 47.5 Å². The lowest BCUT2D eigenvalue weighted by Crippen LogP contribution is -2.37. The van der Waals surface area contributed by atoms with Crippen molar-refractivity contribution in [2.45, 2.75) is 161 Å². The van der Waals surface area contributed by atoms with Gasteiger partial charge in [0.25, 0.3) is 0 Å². The maximum atomic E-state index is 12.6. The molecule has 0 fully saturated rings. The van der Waals surface area contributed by atoms with Crippen molar-refractivity contribution in [3.05, 3.63) is 60.8 Å². The Labute approximate surface area is 330 Å². The highest BCUT2D eigenvalue weighted by Gasteiger charge is 2.27. The largest absolute Gasteiger partial charge is 0.472 e. The molecule has 0 aromatic rings. The van der Waals surface area contributed by atoms with Crippen LogP contribution in [0.2, 0.25) is 0 Å². The summed E-state index contributed by atoms with van der Waals surface area (Å²) in [6.45, 7) is 4.28. The van der Waals surface area contributed by atoms with Gasteiger partial charge in [-0.05, 0) is 77.0 Å². The highest BCUT2D eigenvalue weighted by atomic mass is 31.2. The number of nitrogens with zero attached hydrogens (tertiary/aromatic N) is 1. The van der Waals surface area contributed by atoms with Gasteiger partial charge in [-0.15, -0.1) is 0 Å². The lowest BCUT2D eigenvalue weighted by atomic mass is 10.1. The molecule has 0 saturated carbocycles. The van der Waals surface area contributed by atoms with Crippen molar-refractivity contribution in [3.63, 3.8) is 0 Å². The molecule has 0 aliphatic rings. The van der Waals surface area contributed by atoms with Gasteiger partial charge in [0.05, 0.1) is 27.7 Å². The SMILES string of the molecule is CCCC/C=C\CCCCCCCC(=O)O[C@H](COC(=O)CCCCC/C=C\C/C=C\C/C=C\C/C=C\CCCCC)COP(=O)(O)OCC[N+](C)(C)C. The molecule has 54 heavy (non-hydrogen) atoms. The van der Waals surface area contributed by atoms with Gasteiger partial charge in [-0.2, -0.15) is 0 Å². The Morgan fingerprint density at radius 1 is 0.574 bits per heavy atom. The third-order valence-electron chi connectivity index (χ3n) is 8.52. The second-order valence-electron chi connectivity index (χ2n) is 15.0. The molecule has 0 rings (SSSR count). The minimum Gasteiger partial charge on any atom is -0.462 e. The maximum absolute atomic E-state index is 12.6. The van der Waals surface area contributed by atoms with E-state index in [9.17, 15) is 19.0 Å². The molecule has 0 bridgehead atoms. The Morgan fingerprint density at radius 2 is 1.02 bits per heavy atom. The molecule has 9 nitrogen and oxygen atoms in total. The number of hydrogen-bond donors (Lipinski definition) is 1. The van der Waals surface area contributed by atoms with E-state index >= 15 is 0 Å². The minimum absolute atomic E-state index is 0.0221. The first-order chi connectivity index (χ1) is 26.0. The normalized spacial score (nSPS) is 14.3. The van der Waals surface area contributed by atoms with Gasteiger partial charge in [0.2, 0.25) is 0 Å². The summed E-state index contributed by atoms with van der Waals surface area (Å²) in [6, 6.07) is 0. The van der Waals surface area contributed by atoms with Gasteiger partial charge < -0.3 is 18.9 Å². The predicted octanol–water partition coefficient (Wildman–Crippen LogP) is 11.7. The summed E-state index contributed by atoms with van der Waals surface area (Å²) >= 11 is 0. The number of unbranched alkanes of at least 4 members (excludes halogenated alkanes) is 13. The number of hydrogen-bond acceptors (Lipinski definition) is 7. The summed E-state index contributed by atoms with van der Waals surface area (Å²) in [6.07, 6.45) is 42.7. The molecular formula is C44H79NO8P+. The first-order valence-corrected chi connectivity index (χ1v) is 22.5. The summed E-state index contributed by atoms with van der Waals surface area (Å²) in [5.74, 6) is -0.852. The van der Waals surface area contributed by atoms with E-state index < -0.39 is 32.5 Å². The summed E-state index contributed by atoms with van der Waals surface area (Å²) in [5, 5.41) is 0. The number of likely N-dealkylation sites (N-methyl/N-ethyl adjacent to an activating group) is 1. The first-order valence-electron chi connectivity index (χ1n) is 21.0. The van der Waals surface area contributed by atoms with E-state index in [0.717, 1.165) is 77.0 Å². The third-order valence-corrected chi connectivity index (χ3v) is 9.50. The monoisotopic (exact) mass is 781 g/mol. The fraction of sp³-hybridized carbons (Fsp3) is 0.727. The van der Waals surface area contributed by atoms with Crippen LogP contribution in [0.5, 0.6) is 0 Å². The van der Waals surface area contributed by atoms with E-state index in [4.69, 9.17) is 18.5 Å². The Morgan fingerprint density at radius 3 is 1.57 bits per heavy atom. The van der Waals surface area contributed by atoms with Crippen molar-refractivity contribution in [1.82, 2.24) is 0 Å². The molecule has 0 aliphatic carbocycles. The third kappa shape index (κ3) is 39.4. The van der Waals surface area contributed by atoms with Crippen LogP contribution >= 0.6 is 7.82 Å². The number of allylic oxidation sites excluding steroid dienone is 10. The molecule has 312 valence electrons. The van der Waals surface area contributed by atoms with Crippen LogP contribution in [0, 0.1) is 0 Å². The van der Waals surface area contributed by atoms with Crippen molar-refractivity contribution < 1.29 is 42.1 Å². The molecule has 1 unspecified atom stereocenters. The molecule has 10 heteroatoms. The van der Waals surface area contributed by atoms with E-state index in [1.165, 1.54) is 38.5 Å². The lowest BCUT2D eigenvalue weighted by molar-refractivity contribution is -0.870. The molecule has 0 amide bonds. The zero-order valence-corrected chi connectivity index (χ0v) is 35.8. The predicted molar refractivity (Wildman–Crippen MR) is 224 cm³/mol. The first kappa shape index (κ1) is 51.7. The Bertz CT molecular complexity index is 1110. The number of phosphoric ester groups is 1. The molecule has 0 radical (unpaired) electrons. The summed E-state index contributed by atoms with van der Waals surface area (Å²) < 4.78 is 34.2. The molecule has 0 aromatic carbocycles. The number of phosphoric acid groups is 1. The fourth-order valence-electron chi connectivity index (χ4n) is 5.15. The van der Waals surface area contributed by atoms with Crippen molar-refractivity contribution in [2.24, 2.45) is 0 Å². The number of quaternary nitrogens is 1. The summed E-state index contributed by atoms with van der Waals surface area (Å²) in [7, 11) is 1.44. The van der Waals surface area contributed by atoms with Crippen LogP contribution < -0.4 is 0 Å². The molecule has 1 N–H and O–H groups in total. The Kier molecular flexibility index (Phi) is 34.8. The molecule has 2 atom stereocenters. The van der Waals surface area contributed by atoms with Gasteiger partial charge in [-0.1, -0.05) is 126 Å². The fourth-order valence-corrected chi connectivity index (χ4v) is 5.89. The number of rotatable bonds is 37. The second kappa shape index (κ2) is 36.4. The highest BCUT2D eigenvalue weighted by molar-refractivity contribution is 7.47. The molecule has 0 saturated heterocycles. The van der Waals surface area contributed by atoms with Gasteiger partial charge >= 0.3 is 19.8 Å².